The van der Waals surface area contributed by atoms with E-state index < -0.39 is 17.7 Å². The summed E-state index contributed by atoms with van der Waals surface area (Å²) < 4.78 is 11.6. The number of hydrogen-bond acceptors (Lipinski definition) is 6. The standard InChI is InChI=1S/C23H24BrNO6/c1-2-31-18-9-5-15(6-10-18)20-19(21(27)16-3-7-17(24)8-4-16)22(28)23(29)25(20)11-13-30-14-12-26/h3-10,20,26-27H,2,11-14H2,1H3/t20-/m1/s1. The number of hydrogen-bond donors (Lipinski definition) is 2. The number of carbonyl (C=O) groups is 2. The van der Waals surface area contributed by atoms with Gasteiger partial charge in [0.2, 0.25) is 0 Å². The molecule has 0 unspecified atom stereocenters. The van der Waals surface area contributed by atoms with Gasteiger partial charge in [0.15, 0.2) is 0 Å². The molecule has 1 heterocycles. The second-order valence-corrected chi connectivity index (χ2v) is 7.75. The van der Waals surface area contributed by atoms with Crippen molar-refractivity contribution in [2.45, 2.75) is 13.0 Å². The van der Waals surface area contributed by atoms with Gasteiger partial charge < -0.3 is 24.6 Å². The number of ether oxygens (including phenoxy) is 2. The quantitative estimate of drug-likeness (QED) is 0.243. The lowest BCUT2D eigenvalue weighted by Crippen LogP contribution is -2.33. The first-order valence-electron chi connectivity index (χ1n) is 9.93. The number of halogens is 1. The van der Waals surface area contributed by atoms with Crippen molar-refractivity contribution in [1.29, 1.82) is 0 Å². The Balaban J connectivity index is 2.03. The van der Waals surface area contributed by atoms with Crippen molar-refractivity contribution in [3.63, 3.8) is 0 Å². The highest BCUT2D eigenvalue weighted by Crippen LogP contribution is 2.39. The predicted octanol–water partition coefficient (Wildman–Crippen LogP) is 3.28. The van der Waals surface area contributed by atoms with Crippen LogP contribution in [0.5, 0.6) is 5.75 Å². The van der Waals surface area contributed by atoms with Crippen molar-refractivity contribution in [1.82, 2.24) is 4.90 Å². The Labute approximate surface area is 189 Å². The van der Waals surface area contributed by atoms with E-state index in [0.717, 1.165) is 4.47 Å². The van der Waals surface area contributed by atoms with Crippen LogP contribution in [-0.4, -0.2) is 59.8 Å². The van der Waals surface area contributed by atoms with Crippen LogP contribution in [0.4, 0.5) is 0 Å². The van der Waals surface area contributed by atoms with Crippen molar-refractivity contribution in [2.75, 3.05) is 33.0 Å². The van der Waals surface area contributed by atoms with Gasteiger partial charge in [-0.15, -0.1) is 0 Å². The van der Waals surface area contributed by atoms with Crippen LogP contribution in [0, 0.1) is 0 Å². The third kappa shape index (κ3) is 5.15. The molecule has 1 saturated heterocycles. The topological polar surface area (TPSA) is 96.3 Å². The highest BCUT2D eigenvalue weighted by molar-refractivity contribution is 9.10. The molecule has 2 aromatic carbocycles. The van der Waals surface area contributed by atoms with Gasteiger partial charge in [0.1, 0.15) is 11.5 Å². The molecule has 1 fully saturated rings. The summed E-state index contributed by atoms with van der Waals surface area (Å²) in [6.07, 6.45) is 0. The number of benzene rings is 2. The van der Waals surface area contributed by atoms with Gasteiger partial charge >= 0.3 is 0 Å². The van der Waals surface area contributed by atoms with E-state index in [2.05, 4.69) is 15.9 Å². The summed E-state index contributed by atoms with van der Waals surface area (Å²) in [6.45, 7) is 2.69. The van der Waals surface area contributed by atoms with Crippen molar-refractivity contribution >= 4 is 33.4 Å². The number of likely N-dealkylation sites (tertiary alicyclic amines) is 1. The van der Waals surface area contributed by atoms with Gasteiger partial charge in [0, 0.05) is 16.6 Å². The predicted molar refractivity (Wildman–Crippen MR) is 119 cm³/mol. The lowest BCUT2D eigenvalue weighted by molar-refractivity contribution is -0.140. The Morgan fingerprint density at radius 3 is 2.35 bits per heavy atom. The number of nitrogens with zero attached hydrogens (tertiary/aromatic N) is 1. The molecule has 1 amide bonds. The minimum Gasteiger partial charge on any atom is -0.507 e. The van der Waals surface area contributed by atoms with E-state index in [1.807, 2.05) is 6.92 Å². The van der Waals surface area contributed by atoms with E-state index in [4.69, 9.17) is 14.6 Å². The zero-order chi connectivity index (χ0) is 22.4. The van der Waals surface area contributed by atoms with E-state index in [9.17, 15) is 14.7 Å². The molecule has 0 aromatic heterocycles. The van der Waals surface area contributed by atoms with Crippen LogP contribution >= 0.6 is 15.9 Å². The Morgan fingerprint density at radius 2 is 1.74 bits per heavy atom. The number of amides is 1. The zero-order valence-electron chi connectivity index (χ0n) is 17.1. The summed E-state index contributed by atoms with van der Waals surface area (Å²) in [5, 5.41) is 19.9. The average Bonchev–Trinajstić information content (AvgIpc) is 3.02. The van der Waals surface area contributed by atoms with Crippen molar-refractivity contribution in [2.24, 2.45) is 0 Å². The zero-order valence-corrected chi connectivity index (χ0v) is 18.7. The lowest BCUT2D eigenvalue weighted by atomic mass is 9.95. The maximum absolute atomic E-state index is 12.9. The maximum Gasteiger partial charge on any atom is 0.295 e. The van der Waals surface area contributed by atoms with Gasteiger partial charge in [-0.3, -0.25) is 9.59 Å². The Bertz CT molecular complexity index is 955. The molecule has 7 nitrogen and oxygen atoms in total. The molecule has 1 aliphatic rings. The fourth-order valence-corrected chi connectivity index (χ4v) is 3.73. The third-order valence-electron chi connectivity index (χ3n) is 4.88. The Hall–Kier alpha value is -2.68. The van der Waals surface area contributed by atoms with Crippen molar-refractivity contribution in [3.05, 3.63) is 69.7 Å². The van der Waals surface area contributed by atoms with Crippen LogP contribution in [-0.2, 0) is 14.3 Å². The Kier molecular flexibility index (Phi) is 7.84. The molecule has 2 N–H and O–H groups in total. The molecule has 1 atom stereocenters. The second kappa shape index (κ2) is 10.6. The first kappa shape index (κ1) is 23.0. The normalized spacial score (nSPS) is 17.9. The first-order valence-corrected chi connectivity index (χ1v) is 10.7. The molecule has 0 aliphatic carbocycles. The van der Waals surface area contributed by atoms with E-state index in [1.165, 1.54) is 4.90 Å². The van der Waals surface area contributed by atoms with Crippen molar-refractivity contribution < 1.29 is 29.3 Å². The number of aliphatic hydroxyl groups is 2. The SMILES string of the molecule is CCOc1ccc([C@@H]2C(=C(O)c3ccc(Br)cc3)C(=O)C(=O)N2CCOCCO)cc1. The van der Waals surface area contributed by atoms with E-state index in [1.54, 1.807) is 48.5 Å². The van der Waals surface area contributed by atoms with Crippen molar-refractivity contribution in [3.8, 4) is 5.75 Å². The van der Waals surface area contributed by atoms with Gasteiger partial charge in [-0.2, -0.15) is 0 Å². The summed E-state index contributed by atoms with van der Waals surface area (Å²) in [5.41, 5.74) is 1.13. The second-order valence-electron chi connectivity index (χ2n) is 6.84. The van der Waals surface area contributed by atoms with E-state index >= 15 is 0 Å². The fraction of sp³-hybridized carbons (Fsp3) is 0.304. The number of Topliss-reactive ketones (excluding diaryl/α,β-unsaturated/α-hetero) is 1. The molecule has 3 rings (SSSR count). The monoisotopic (exact) mass is 489 g/mol. The molecule has 8 heteroatoms. The fourth-order valence-electron chi connectivity index (χ4n) is 3.46. The molecule has 31 heavy (non-hydrogen) atoms. The van der Waals surface area contributed by atoms with Gasteiger partial charge in [0.05, 0.1) is 38.0 Å². The molecule has 0 saturated carbocycles. The van der Waals surface area contributed by atoms with Crippen LogP contribution in [0.2, 0.25) is 0 Å². The van der Waals surface area contributed by atoms with Crippen LogP contribution in [0.1, 0.15) is 24.1 Å². The molecule has 164 valence electrons. The number of aliphatic hydroxyl groups excluding tert-OH is 2. The van der Waals surface area contributed by atoms with Gasteiger partial charge in [-0.25, -0.2) is 0 Å². The Morgan fingerprint density at radius 1 is 1.06 bits per heavy atom. The van der Waals surface area contributed by atoms with Gasteiger partial charge in [-0.05, 0) is 36.8 Å². The van der Waals surface area contributed by atoms with E-state index in [0.29, 0.717) is 23.5 Å². The summed E-state index contributed by atoms with van der Waals surface area (Å²) in [7, 11) is 0. The third-order valence-corrected chi connectivity index (χ3v) is 5.41. The number of ketones is 1. The molecule has 0 spiro atoms. The number of rotatable bonds is 9. The van der Waals surface area contributed by atoms with Gasteiger partial charge in [0.25, 0.3) is 11.7 Å². The van der Waals surface area contributed by atoms with Crippen LogP contribution < -0.4 is 4.74 Å². The van der Waals surface area contributed by atoms with Gasteiger partial charge in [-0.1, -0.05) is 40.2 Å². The number of carbonyl (C=O) groups excluding carboxylic acids is 2. The first-order chi connectivity index (χ1) is 15.0. The highest BCUT2D eigenvalue weighted by atomic mass is 79.9. The summed E-state index contributed by atoms with van der Waals surface area (Å²) in [5.74, 6) is -1.02. The van der Waals surface area contributed by atoms with Crippen LogP contribution in [0.15, 0.2) is 58.6 Å². The maximum atomic E-state index is 12.9. The largest absolute Gasteiger partial charge is 0.507 e. The average molecular weight is 490 g/mol. The van der Waals surface area contributed by atoms with E-state index in [-0.39, 0.29) is 37.7 Å². The molecule has 0 bridgehead atoms. The summed E-state index contributed by atoms with van der Waals surface area (Å²) in [6, 6.07) is 13.2. The summed E-state index contributed by atoms with van der Waals surface area (Å²) >= 11 is 3.35. The summed E-state index contributed by atoms with van der Waals surface area (Å²) in [4.78, 5) is 27.1. The van der Waals surface area contributed by atoms with Crippen LogP contribution in [0.3, 0.4) is 0 Å². The molecule has 1 aliphatic heterocycles. The molecule has 2 aromatic rings. The molecular weight excluding hydrogens is 466 g/mol. The van der Waals surface area contributed by atoms with Crippen LogP contribution in [0.25, 0.3) is 5.76 Å². The molecular formula is C23H24BrNO6. The molecule has 0 radical (unpaired) electrons. The smallest absolute Gasteiger partial charge is 0.295 e. The minimum atomic E-state index is -0.767. The minimum absolute atomic E-state index is 0.0265. The highest BCUT2D eigenvalue weighted by Gasteiger charge is 2.45. The lowest BCUT2D eigenvalue weighted by Gasteiger charge is -2.25.